The van der Waals surface area contributed by atoms with Gasteiger partial charge in [0.15, 0.2) is 0 Å². The molecule has 3 heteroatoms. The van der Waals surface area contributed by atoms with Crippen molar-refractivity contribution in [1.82, 2.24) is 4.90 Å². The Morgan fingerprint density at radius 1 is 1.57 bits per heavy atom. The maximum absolute atomic E-state index is 11.6. The summed E-state index contributed by atoms with van der Waals surface area (Å²) in [4.78, 5) is 13.4. The van der Waals surface area contributed by atoms with Gasteiger partial charge in [-0.1, -0.05) is 0 Å². The molecule has 0 spiro atoms. The van der Waals surface area contributed by atoms with Crippen molar-refractivity contribution in [1.29, 1.82) is 0 Å². The van der Waals surface area contributed by atoms with E-state index in [-0.39, 0.29) is 11.9 Å². The second-order valence-corrected chi connectivity index (χ2v) is 3.80. The Morgan fingerprint density at radius 3 is 2.93 bits per heavy atom. The van der Waals surface area contributed by atoms with Gasteiger partial charge in [-0.3, -0.25) is 4.79 Å². The van der Waals surface area contributed by atoms with Crippen molar-refractivity contribution in [3.63, 3.8) is 0 Å². The number of likely N-dealkylation sites (tertiary alicyclic amines) is 1. The maximum atomic E-state index is 11.6. The van der Waals surface area contributed by atoms with E-state index in [0.717, 1.165) is 38.8 Å². The molecule has 1 atom stereocenters. The normalized spacial score (nSPS) is 20.9. The lowest BCUT2D eigenvalue weighted by Crippen LogP contribution is -2.31. The lowest BCUT2D eigenvalue weighted by Gasteiger charge is -2.15. The molecule has 1 aliphatic heterocycles. The van der Waals surface area contributed by atoms with Gasteiger partial charge >= 0.3 is 0 Å². The fraction of sp³-hybridized carbons (Fsp3) is 0.727. The summed E-state index contributed by atoms with van der Waals surface area (Å²) in [5.74, 6) is 2.80. The number of nitrogens with zero attached hydrogens (tertiary/aromatic N) is 1. The van der Waals surface area contributed by atoms with Gasteiger partial charge in [0.2, 0.25) is 5.91 Å². The molecule has 1 amide bonds. The molecule has 1 fully saturated rings. The van der Waals surface area contributed by atoms with E-state index in [4.69, 9.17) is 12.2 Å². The van der Waals surface area contributed by atoms with Crippen molar-refractivity contribution in [3.05, 3.63) is 0 Å². The number of unbranched alkanes of at least 4 members (excludes halogenated alkanes) is 2. The summed E-state index contributed by atoms with van der Waals surface area (Å²) in [6.07, 6.45) is 9.30. The van der Waals surface area contributed by atoms with Gasteiger partial charge in [-0.05, 0) is 19.3 Å². The lowest BCUT2D eigenvalue weighted by atomic mass is 10.2. The van der Waals surface area contributed by atoms with E-state index >= 15 is 0 Å². The number of hydrogen-bond acceptors (Lipinski definition) is 2. The Balaban J connectivity index is 2.13. The number of amides is 1. The van der Waals surface area contributed by atoms with E-state index in [1.54, 1.807) is 0 Å². The van der Waals surface area contributed by atoms with Gasteiger partial charge in [0, 0.05) is 32.0 Å². The van der Waals surface area contributed by atoms with Gasteiger partial charge in [-0.25, -0.2) is 0 Å². The maximum Gasteiger partial charge on any atom is 0.222 e. The average Bonchev–Trinajstić information content (AvgIpc) is 2.59. The predicted molar refractivity (Wildman–Crippen MR) is 56.5 cm³/mol. The number of rotatable bonds is 4. The molecule has 0 aliphatic carbocycles. The first-order valence-electron chi connectivity index (χ1n) is 5.21. The summed E-state index contributed by atoms with van der Waals surface area (Å²) in [5, 5.41) is 0. The summed E-state index contributed by atoms with van der Waals surface area (Å²) in [5.41, 5.74) is 5.72. The van der Waals surface area contributed by atoms with E-state index in [1.165, 1.54) is 0 Å². The number of carbonyl (C=O) groups is 1. The van der Waals surface area contributed by atoms with E-state index in [9.17, 15) is 4.79 Å². The minimum Gasteiger partial charge on any atom is -0.341 e. The van der Waals surface area contributed by atoms with Gasteiger partial charge < -0.3 is 10.6 Å². The highest BCUT2D eigenvalue weighted by molar-refractivity contribution is 5.76. The van der Waals surface area contributed by atoms with Crippen LogP contribution in [0.3, 0.4) is 0 Å². The monoisotopic (exact) mass is 194 g/mol. The third-order valence-corrected chi connectivity index (χ3v) is 2.54. The second-order valence-electron chi connectivity index (χ2n) is 3.80. The first kappa shape index (κ1) is 11.1. The minimum atomic E-state index is 0.185. The van der Waals surface area contributed by atoms with Crippen molar-refractivity contribution < 1.29 is 4.79 Å². The van der Waals surface area contributed by atoms with Gasteiger partial charge in [-0.2, -0.15) is 0 Å². The second kappa shape index (κ2) is 5.66. The molecule has 0 saturated carbocycles. The quantitative estimate of drug-likeness (QED) is 0.530. The first-order valence-corrected chi connectivity index (χ1v) is 5.21. The Labute approximate surface area is 85.6 Å². The van der Waals surface area contributed by atoms with Gasteiger partial charge in [0.1, 0.15) is 0 Å². The first-order chi connectivity index (χ1) is 6.74. The Bertz CT molecular complexity index is 232. The van der Waals surface area contributed by atoms with Crippen LogP contribution in [0, 0.1) is 12.3 Å². The molecule has 0 bridgehead atoms. The van der Waals surface area contributed by atoms with Crippen LogP contribution < -0.4 is 5.73 Å². The highest BCUT2D eigenvalue weighted by atomic mass is 16.2. The van der Waals surface area contributed by atoms with Crippen LogP contribution in [0.5, 0.6) is 0 Å². The summed E-state index contributed by atoms with van der Waals surface area (Å²) in [6, 6.07) is 0.185. The molecule has 14 heavy (non-hydrogen) atoms. The van der Waals surface area contributed by atoms with Gasteiger partial charge in [0.05, 0.1) is 0 Å². The van der Waals surface area contributed by atoms with E-state index in [1.807, 2.05) is 4.90 Å². The van der Waals surface area contributed by atoms with Crippen molar-refractivity contribution in [3.8, 4) is 12.3 Å². The molecule has 0 aromatic rings. The van der Waals surface area contributed by atoms with E-state index < -0.39 is 0 Å². The highest BCUT2D eigenvalue weighted by Crippen LogP contribution is 2.10. The minimum absolute atomic E-state index is 0.185. The zero-order chi connectivity index (χ0) is 10.4. The fourth-order valence-electron chi connectivity index (χ4n) is 1.68. The zero-order valence-corrected chi connectivity index (χ0v) is 8.54. The van der Waals surface area contributed by atoms with Crippen LogP contribution in [0.25, 0.3) is 0 Å². The average molecular weight is 194 g/mol. The molecule has 1 rings (SSSR count). The molecule has 1 saturated heterocycles. The number of nitrogens with two attached hydrogens (primary N) is 1. The molecule has 1 heterocycles. The smallest absolute Gasteiger partial charge is 0.222 e. The van der Waals surface area contributed by atoms with Gasteiger partial charge in [-0.15, -0.1) is 12.3 Å². The molecule has 0 unspecified atom stereocenters. The Kier molecular flexibility index (Phi) is 4.48. The highest BCUT2D eigenvalue weighted by Gasteiger charge is 2.22. The molecule has 3 nitrogen and oxygen atoms in total. The van der Waals surface area contributed by atoms with Crippen LogP contribution in [0.2, 0.25) is 0 Å². The molecule has 0 aromatic heterocycles. The largest absolute Gasteiger partial charge is 0.341 e. The number of carbonyl (C=O) groups excluding carboxylic acids is 1. The molecular formula is C11H18N2O. The number of hydrogen-bond donors (Lipinski definition) is 1. The number of terminal acetylenes is 1. The Morgan fingerprint density at radius 2 is 2.36 bits per heavy atom. The molecule has 1 aliphatic rings. The zero-order valence-electron chi connectivity index (χ0n) is 8.54. The van der Waals surface area contributed by atoms with Crippen LogP contribution in [-0.2, 0) is 4.79 Å². The predicted octanol–water partition coefficient (Wildman–Crippen LogP) is 0.740. The summed E-state index contributed by atoms with van der Waals surface area (Å²) < 4.78 is 0. The van der Waals surface area contributed by atoms with Crippen LogP contribution in [0.15, 0.2) is 0 Å². The van der Waals surface area contributed by atoms with Crippen molar-refractivity contribution in [2.24, 2.45) is 5.73 Å². The molecule has 78 valence electrons. The summed E-state index contributed by atoms with van der Waals surface area (Å²) in [6.45, 7) is 1.56. The molecular weight excluding hydrogens is 176 g/mol. The Hall–Kier alpha value is -1.01. The van der Waals surface area contributed by atoms with Crippen molar-refractivity contribution in [2.45, 2.75) is 38.1 Å². The van der Waals surface area contributed by atoms with Crippen LogP contribution in [0.4, 0.5) is 0 Å². The standard InChI is InChI=1S/C11H18N2O/c1-2-3-4-5-6-11(14)13-8-7-10(12)9-13/h1,10H,3-9,12H2/t10-/m1/s1. The van der Waals surface area contributed by atoms with Crippen LogP contribution in [0.1, 0.15) is 32.1 Å². The summed E-state index contributed by atoms with van der Waals surface area (Å²) in [7, 11) is 0. The van der Waals surface area contributed by atoms with Crippen LogP contribution >= 0.6 is 0 Å². The van der Waals surface area contributed by atoms with E-state index in [0.29, 0.717) is 6.42 Å². The third-order valence-electron chi connectivity index (χ3n) is 2.54. The van der Waals surface area contributed by atoms with E-state index in [2.05, 4.69) is 5.92 Å². The van der Waals surface area contributed by atoms with Crippen LogP contribution in [-0.4, -0.2) is 29.9 Å². The SMILES string of the molecule is C#CCCCCC(=O)N1CC[C@@H](N)C1. The van der Waals surface area contributed by atoms with Crippen molar-refractivity contribution in [2.75, 3.05) is 13.1 Å². The van der Waals surface area contributed by atoms with Crippen molar-refractivity contribution >= 4 is 5.91 Å². The summed E-state index contributed by atoms with van der Waals surface area (Å²) >= 11 is 0. The lowest BCUT2D eigenvalue weighted by molar-refractivity contribution is -0.130. The molecule has 0 radical (unpaired) electrons. The molecule has 2 N–H and O–H groups in total. The fourth-order valence-corrected chi connectivity index (χ4v) is 1.68. The van der Waals surface area contributed by atoms with Gasteiger partial charge in [0.25, 0.3) is 0 Å². The topological polar surface area (TPSA) is 46.3 Å². The third kappa shape index (κ3) is 3.39. The molecule has 0 aromatic carbocycles.